The van der Waals surface area contributed by atoms with Crippen molar-refractivity contribution in [3.8, 4) is 34.1 Å². The maximum Gasteiger partial charge on any atom is 2.00 e. The van der Waals surface area contributed by atoms with Gasteiger partial charge in [-0.3, -0.25) is 4.68 Å². The minimum Gasteiger partial charge on any atom is -0.509 e. The minimum atomic E-state index is 0. The standard InChI is InChI=1S/C39H34N4O.Pt/c1-25-18-30(42-24-28(23-41-42)38-26(2)10-9-11-27(38)3)21-32(19-25)44-31-14-15-34-33-12-7-8-13-35(33)43(36(34)22-31)37-20-29(16-17-40-37)39(4,5)6;/h7-20,23-24H,1-6H3;/q-2;+2. The molecule has 0 atom stereocenters. The molecule has 0 saturated heterocycles. The Labute approximate surface area is 278 Å². The van der Waals surface area contributed by atoms with Crippen molar-refractivity contribution in [3.63, 3.8) is 0 Å². The quantitative estimate of drug-likeness (QED) is 0.164. The normalized spacial score (nSPS) is 11.6. The van der Waals surface area contributed by atoms with Crippen LogP contribution in [0.3, 0.4) is 0 Å². The average Bonchev–Trinajstić information content (AvgIpc) is 3.60. The molecule has 0 bridgehead atoms. The van der Waals surface area contributed by atoms with Gasteiger partial charge in [0.15, 0.2) is 0 Å². The van der Waals surface area contributed by atoms with E-state index in [1.54, 1.807) is 0 Å². The van der Waals surface area contributed by atoms with Crippen LogP contribution in [0.1, 0.15) is 43.0 Å². The number of para-hydroxylation sites is 1. The van der Waals surface area contributed by atoms with E-state index >= 15 is 0 Å². The van der Waals surface area contributed by atoms with Gasteiger partial charge >= 0.3 is 21.1 Å². The van der Waals surface area contributed by atoms with E-state index in [0.29, 0.717) is 11.5 Å². The molecule has 0 aliphatic rings. The van der Waals surface area contributed by atoms with Crippen molar-refractivity contribution >= 4 is 21.8 Å². The van der Waals surface area contributed by atoms with E-state index in [1.807, 2.05) is 29.2 Å². The fourth-order valence-corrected chi connectivity index (χ4v) is 5.99. The summed E-state index contributed by atoms with van der Waals surface area (Å²) in [5.41, 5.74) is 9.83. The van der Waals surface area contributed by atoms with Crippen LogP contribution in [0, 0.1) is 32.9 Å². The summed E-state index contributed by atoms with van der Waals surface area (Å²) in [5.74, 6) is 2.08. The maximum absolute atomic E-state index is 6.44. The van der Waals surface area contributed by atoms with E-state index in [2.05, 4.69) is 136 Å². The predicted molar refractivity (Wildman–Crippen MR) is 178 cm³/mol. The van der Waals surface area contributed by atoms with E-state index in [1.165, 1.54) is 22.3 Å². The Morgan fingerprint density at radius 3 is 2.33 bits per heavy atom. The number of pyridine rings is 1. The van der Waals surface area contributed by atoms with E-state index in [-0.39, 0.29) is 26.5 Å². The van der Waals surface area contributed by atoms with Gasteiger partial charge < -0.3 is 9.30 Å². The Kier molecular flexibility index (Phi) is 8.01. The van der Waals surface area contributed by atoms with Crippen molar-refractivity contribution < 1.29 is 25.8 Å². The van der Waals surface area contributed by atoms with Crippen LogP contribution in [-0.4, -0.2) is 19.3 Å². The van der Waals surface area contributed by atoms with Crippen molar-refractivity contribution in [1.29, 1.82) is 0 Å². The molecule has 226 valence electrons. The van der Waals surface area contributed by atoms with Gasteiger partial charge in [0.1, 0.15) is 5.82 Å². The zero-order valence-corrected chi connectivity index (χ0v) is 28.5. The van der Waals surface area contributed by atoms with E-state index < -0.39 is 0 Å². The number of hydrogen-bond donors (Lipinski definition) is 0. The SMILES string of the molecule is Cc1cc(Oc2[c-]c3c(cc2)c2ccccc2n3-c2cc(C(C)(C)C)ccn2)[c-]c(-n2cc(-c3c(C)cccc3C)cn2)c1.[Pt+2]. The number of aryl methyl sites for hydroxylation is 3. The molecular weight excluding hydrogens is 736 g/mol. The Morgan fingerprint density at radius 2 is 1.56 bits per heavy atom. The van der Waals surface area contributed by atoms with Gasteiger partial charge in [-0.25, -0.2) is 4.98 Å². The summed E-state index contributed by atoms with van der Waals surface area (Å²) in [6.45, 7) is 13.0. The first-order chi connectivity index (χ1) is 21.2. The number of hydrogen-bond acceptors (Lipinski definition) is 3. The Morgan fingerprint density at radius 1 is 0.778 bits per heavy atom. The van der Waals surface area contributed by atoms with Gasteiger partial charge in [-0.05, 0) is 70.8 Å². The number of nitrogens with zero attached hydrogens (tertiary/aromatic N) is 4. The van der Waals surface area contributed by atoms with E-state index in [9.17, 15) is 0 Å². The van der Waals surface area contributed by atoms with Crippen LogP contribution in [0.25, 0.3) is 44.4 Å². The van der Waals surface area contributed by atoms with Crippen LogP contribution in [0.5, 0.6) is 11.5 Å². The number of ether oxygens (including phenoxy) is 1. The number of rotatable bonds is 5. The summed E-state index contributed by atoms with van der Waals surface area (Å²) in [6, 6.07) is 34.1. The molecule has 0 amide bonds. The summed E-state index contributed by atoms with van der Waals surface area (Å²) in [6.07, 6.45) is 5.86. The topological polar surface area (TPSA) is 44.9 Å². The number of benzene rings is 4. The third-order valence-electron chi connectivity index (χ3n) is 8.19. The van der Waals surface area contributed by atoms with Crippen LogP contribution in [0.4, 0.5) is 0 Å². The molecule has 6 heteroatoms. The van der Waals surface area contributed by atoms with Crippen LogP contribution >= 0.6 is 0 Å². The zero-order chi connectivity index (χ0) is 30.6. The van der Waals surface area contributed by atoms with E-state index in [4.69, 9.17) is 9.72 Å². The maximum atomic E-state index is 6.44. The van der Waals surface area contributed by atoms with Crippen LogP contribution < -0.4 is 4.74 Å². The largest absolute Gasteiger partial charge is 2.00 e. The average molecular weight is 770 g/mol. The summed E-state index contributed by atoms with van der Waals surface area (Å²) in [7, 11) is 0. The first-order valence-corrected chi connectivity index (χ1v) is 14.9. The van der Waals surface area contributed by atoms with Crippen molar-refractivity contribution in [2.75, 3.05) is 0 Å². The van der Waals surface area contributed by atoms with Gasteiger partial charge in [-0.2, -0.15) is 16.7 Å². The Balaban J connectivity index is 0.00000357. The Hall–Kier alpha value is -4.47. The van der Waals surface area contributed by atoms with Gasteiger partial charge in [-0.15, -0.1) is 35.7 Å². The monoisotopic (exact) mass is 769 g/mol. The van der Waals surface area contributed by atoms with Gasteiger partial charge in [0.05, 0.1) is 6.20 Å². The van der Waals surface area contributed by atoms with E-state index in [0.717, 1.165) is 44.4 Å². The molecule has 3 aromatic heterocycles. The first kappa shape index (κ1) is 30.6. The molecule has 0 aliphatic heterocycles. The fourth-order valence-electron chi connectivity index (χ4n) is 5.99. The molecule has 7 rings (SSSR count). The van der Waals surface area contributed by atoms with Crippen LogP contribution in [-0.2, 0) is 26.5 Å². The Bertz CT molecular complexity index is 2160. The van der Waals surface area contributed by atoms with Gasteiger partial charge in [-0.1, -0.05) is 69.6 Å². The molecule has 45 heavy (non-hydrogen) atoms. The van der Waals surface area contributed by atoms with Crippen LogP contribution in [0.2, 0.25) is 0 Å². The molecule has 7 aromatic rings. The number of fused-ring (bicyclic) bond motifs is 3. The molecule has 3 heterocycles. The zero-order valence-electron chi connectivity index (χ0n) is 26.3. The van der Waals surface area contributed by atoms with Crippen molar-refractivity contribution in [2.45, 2.75) is 47.0 Å². The molecule has 0 N–H and O–H groups in total. The summed E-state index contributed by atoms with van der Waals surface area (Å²) in [5, 5.41) is 6.93. The second-order valence-electron chi connectivity index (χ2n) is 12.5. The van der Waals surface area contributed by atoms with Crippen LogP contribution in [0.15, 0.2) is 97.5 Å². The minimum absolute atomic E-state index is 0. The van der Waals surface area contributed by atoms with Gasteiger partial charge in [0.25, 0.3) is 0 Å². The predicted octanol–water partition coefficient (Wildman–Crippen LogP) is 9.64. The first-order valence-electron chi connectivity index (χ1n) is 14.9. The molecule has 0 fully saturated rings. The summed E-state index contributed by atoms with van der Waals surface area (Å²) < 4.78 is 10.5. The fraction of sp³-hybridized carbons (Fsp3) is 0.179. The second kappa shape index (κ2) is 11.8. The molecule has 0 saturated carbocycles. The third kappa shape index (κ3) is 5.73. The molecule has 0 unspecified atom stereocenters. The van der Waals surface area contributed by atoms with Crippen molar-refractivity contribution in [1.82, 2.24) is 19.3 Å². The molecule has 0 radical (unpaired) electrons. The third-order valence-corrected chi connectivity index (χ3v) is 8.19. The summed E-state index contributed by atoms with van der Waals surface area (Å²) >= 11 is 0. The molecule has 0 spiro atoms. The smallest absolute Gasteiger partial charge is 0.509 e. The van der Waals surface area contributed by atoms with Crippen molar-refractivity contribution in [3.05, 3.63) is 132 Å². The number of aromatic nitrogens is 4. The molecular formula is C39H34N4OPt. The van der Waals surface area contributed by atoms with Gasteiger partial charge in [0, 0.05) is 35.0 Å². The van der Waals surface area contributed by atoms with Gasteiger partial charge in [0.2, 0.25) is 0 Å². The molecule has 5 nitrogen and oxygen atoms in total. The second-order valence-corrected chi connectivity index (χ2v) is 12.5. The van der Waals surface area contributed by atoms with Crippen molar-refractivity contribution in [2.24, 2.45) is 0 Å². The molecule has 4 aromatic carbocycles. The summed E-state index contributed by atoms with van der Waals surface area (Å²) in [4.78, 5) is 4.79. The molecule has 0 aliphatic carbocycles.